The number of rotatable bonds is 11. The van der Waals surface area contributed by atoms with Gasteiger partial charge in [0.05, 0.1) is 0 Å². The number of aromatic amines is 1. The number of carboxylic acid groups (broad SMARTS) is 1. The summed E-state index contributed by atoms with van der Waals surface area (Å²) in [4.78, 5) is 60.0. The van der Waals surface area contributed by atoms with Crippen molar-refractivity contribution in [2.24, 2.45) is 5.16 Å². The zero-order chi connectivity index (χ0) is 32.3. The van der Waals surface area contributed by atoms with E-state index in [1.54, 1.807) is 5.32 Å². The highest BCUT2D eigenvalue weighted by Gasteiger charge is 2.54. The molecule has 0 bridgehead atoms. The summed E-state index contributed by atoms with van der Waals surface area (Å²) in [6.45, 7) is -0.245. The molecular formula is C23H17F4N9O6S3. The van der Waals surface area contributed by atoms with Gasteiger partial charge in [-0.05, 0) is 33.7 Å². The van der Waals surface area contributed by atoms with Gasteiger partial charge in [0.1, 0.15) is 35.2 Å². The summed E-state index contributed by atoms with van der Waals surface area (Å²) in [7, 11) is 0. The molecule has 3 aromatic rings. The molecule has 2 aromatic heterocycles. The molecule has 2 aliphatic rings. The Morgan fingerprint density at radius 1 is 1.24 bits per heavy atom. The zero-order valence-corrected chi connectivity index (χ0v) is 24.5. The fraction of sp³-hybridized carbons (Fsp3) is 0.261. The summed E-state index contributed by atoms with van der Waals surface area (Å²) in [5.41, 5.74) is -0.201. The monoisotopic (exact) mass is 687 g/mol. The van der Waals surface area contributed by atoms with E-state index in [0.717, 1.165) is 34.2 Å². The quantitative estimate of drug-likeness (QED) is 0.0749. The predicted octanol–water partition coefficient (Wildman–Crippen LogP) is 1.75. The fourth-order valence-corrected chi connectivity index (χ4v) is 6.85. The van der Waals surface area contributed by atoms with Gasteiger partial charge in [-0.25, -0.2) is 19.3 Å². The van der Waals surface area contributed by atoms with Crippen molar-refractivity contribution in [3.63, 3.8) is 0 Å². The Morgan fingerprint density at radius 2 is 2.00 bits per heavy atom. The van der Waals surface area contributed by atoms with Crippen LogP contribution >= 0.6 is 34.9 Å². The van der Waals surface area contributed by atoms with E-state index in [1.165, 1.54) is 23.9 Å². The maximum atomic E-state index is 13.4. The number of H-pyrrole nitrogens is 1. The van der Waals surface area contributed by atoms with E-state index in [-0.39, 0.29) is 29.5 Å². The summed E-state index contributed by atoms with van der Waals surface area (Å²) in [6.07, 6.45) is -5.19. The third-order valence-corrected chi connectivity index (χ3v) is 9.02. The van der Waals surface area contributed by atoms with E-state index in [0.29, 0.717) is 27.6 Å². The maximum absolute atomic E-state index is 13.4. The number of alkyl halides is 3. The summed E-state index contributed by atoms with van der Waals surface area (Å²) in [6, 6.07) is 3.91. The zero-order valence-electron chi connectivity index (χ0n) is 22.1. The second kappa shape index (κ2) is 13.2. The molecule has 0 spiro atoms. The van der Waals surface area contributed by atoms with Crippen LogP contribution in [0.5, 0.6) is 0 Å². The third kappa shape index (κ3) is 7.23. The molecule has 1 fully saturated rings. The van der Waals surface area contributed by atoms with E-state index >= 15 is 0 Å². The van der Waals surface area contributed by atoms with Crippen LogP contribution in [0.3, 0.4) is 0 Å². The normalized spacial score (nSPS) is 18.3. The van der Waals surface area contributed by atoms with Crippen molar-refractivity contribution in [1.29, 1.82) is 0 Å². The number of tetrazole rings is 1. The summed E-state index contributed by atoms with van der Waals surface area (Å²) in [5, 5.41) is 31.0. The number of β-lactam (4-membered cyclic amide) rings is 1. The Bertz CT molecular complexity index is 1680. The minimum atomic E-state index is -5.19. The predicted molar refractivity (Wildman–Crippen MR) is 149 cm³/mol. The number of thiazole rings is 1. The van der Waals surface area contributed by atoms with Gasteiger partial charge in [0.25, 0.3) is 11.8 Å². The molecule has 236 valence electrons. The fourth-order valence-electron chi connectivity index (χ4n) is 3.94. The number of nitrogens with one attached hydrogen (secondary N) is 3. The first-order chi connectivity index (χ1) is 21.4. The van der Waals surface area contributed by atoms with Crippen molar-refractivity contribution in [2.75, 3.05) is 16.8 Å². The molecule has 4 heterocycles. The topological polar surface area (TPSA) is 205 Å². The first-order valence-electron chi connectivity index (χ1n) is 12.3. The number of carbonyl (C=O) groups is 4. The van der Waals surface area contributed by atoms with Crippen LogP contribution in [-0.4, -0.2) is 94.1 Å². The molecule has 4 N–H and O–H groups in total. The third-order valence-electron chi connectivity index (χ3n) is 5.99. The van der Waals surface area contributed by atoms with E-state index in [4.69, 9.17) is 4.84 Å². The number of anilines is 1. The van der Waals surface area contributed by atoms with Crippen molar-refractivity contribution >= 4 is 69.4 Å². The largest absolute Gasteiger partial charge is 0.477 e. The van der Waals surface area contributed by atoms with E-state index in [2.05, 4.69) is 36.1 Å². The van der Waals surface area contributed by atoms with Crippen LogP contribution in [0.4, 0.5) is 22.7 Å². The number of oxime groups is 1. The van der Waals surface area contributed by atoms with Crippen molar-refractivity contribution in [2.45, 2.75) is 29.4 Å². The lowest BCUT2D eigenvalue weighted by molar-refractivity contribution is -0.167. The molecule has 2 aliphatic heterocycles. The van der Waals surface area contributed by atoms with Gasteiger partial charge in [-0.15, -0.1) is 28.2 Å². The SMILES string of the molecule is O=C(O)C1=C(CSc2nnn[nH]2)CS[C@H]2C(NC(=O)C(=NOCc3ccc(F)cc3)c3csc(NC(=O)C(F)(F)F)n3)C(=O)N12. The molecular weight excluding hydrogens is 671 g/mol. The molecule has 0 aliphatic carbocycles. The number of hydrogen-bond acceptors (Lipinski definition) is 13. The number of benzene rings is 1. The number of thioether (sulfide) groups is 2. The molecule has 5 rings (SSSR count). The molecule has 0 saturated carbocycles. The average molecular weight is 688 g/mol. The summed E-state index contributed by atoms with van der Waals surface area (Å²) in [5.74, 6) is -5.53. The van der Waals surface area contributed by atoms with Gasteiger partial charge in [0.15, 0.2) is 10.8 Å². The van der Waals surface area contributed by atoms with Gasteiger partial charge < -0.3 is 15.3 Å². The molecule has 1 aromatic carbocycles. The highest BCUT2D eigenvalue weighted by Crippen LogP contribution is 2.41. The highest BCUT2D eigenvalue weighted by atomic mass is 32.2. The lowest BCUT2D eigenvalue weighted by Crippen LogP contribution is -2.71. The van der Waals surface area contributed by atoms with E-state index in [1.807, 2.05) is 0 Å². The van der Waals surface area contributed by atoms with Gasteiger partial charge >= 0.3 is 18.1 Å². The number of hydrogen-bond donors (Lipinski definition) is 4. The lowest BCUT2D eigenvalue weighted by Gasteiger charge is -2.49. The van der Waals surface area contributed by atoms with Crippen LogP contribution in [-0.2, 0) is 30.6 Å². The molecule has 22 heteroatoms. The molecule has 1 saturated heterocycles. The lowest BCUT2D eigenvalue weighted by atomic mass is 10.0. The first-order valence-corrected chi connectivity index (χ1v) is 15.2. The first kappa shape index (κ1) is 31.8. The van der Waals surface area contributed by atoms with E-state index < -0.39 is 57.9 Å². The number of aliphatic carboxylic acids is 1. The van der Waals surface area contributed by atoms with Crippen LogP contribution in [0.2, 0.25) is 0 Å². The van der Waals surface area contributed by atoms with Gasteiger partial charge in [-0.2, -0.15) is 13.2 Å². The maximum Gasteiger partial charge on any atom is 0.471 e. The number of carboxylic acids is 1. The van der Waals surface area contributed by atoms with Gasteiger partial charge in [0.2, 0.25) is 5.16 Å². The Kier molecular flexibility index (Phi) is 9.34. The van der Waals surface area contributed by atoms with Gasteiger partial charge in [-0.3, -0.25) is 24.6 Å². The smallest absolute Gasteiger partial charge is 0.471 e. The van der Waals surface area contributed by atoms with Crippen LogP contribution < -0.4 is 10.6 Å². The number of fused-ring (bicyclic) bond motifs is 1. The summed E-state index contributed by atoms with van der Waals surface area (Å²) < 4.78 is 51.3. The van der Waals surface area contributed by atoms with Crippen molar-refractivity contribution in [1.82, 2.24) is 35.8 Å². The number of amides is 3. The van der Waals surface area contributed by atoms with Crippen LogP contribution in [0.1, 0.15) is 11.3 Å². The average Bonchev–Trinajstić information content (AvgIpc) is 3.69. The molecule has 1 unspecified atom stereocenters. The minimum absolute atomic E-state index is 0.165. The Morgan fingerprint density at radius 3 is 2.67 bits per heavy atom. The van der Waals surface area contributed by atoms with Crippen molar-refractivity contribution in [3.8, 4) is 0 Å². The van der Waals surface area contributed by atoms with Crippen LogP contribution in [0, 0.1) is 5.82 Å². The Labute approximate surface area is 260 Å². The molecule has 3 amide bonds. The van der Waals surface area contributed by atoms with Crippen LogP contribution in [0.25, 0.3) is 0 Å². The van der Waals surface area contributed by atoms with Crippen molar-refractivity contribution in [3.05, 3.63) is 58.0 Å². The number of halogens is 4. The van der Waals surface area contributed by atoms with Crippen molar-refractivity contribution < 1.29 is 46.7 Å². The second-order valence-corrected chi connectivity index (χ2v) is 11.9. The number of aromatic nitrogens is 5. The van der Waals surface area contributed by atoms with Crippen LogP contribution in [0.15, 0.2) is 51.2 Å². The Hall–Kier alpha value is -4.57. The molecule has 2 atom stereocenters. The molecule has 15 nitrogen and oxygen atoms in total. The highest BCUT2D eigenvalue weighted by molar-refractivity contribution is 8.01. The van der Waals surface area contributed by atoms with E-state index in [9.17, 15) is 41.8 Å². The second-order valence-electron chi connectivity index (χ2n) is 8.94. The molecule has 45 heavy (non-hydrogen) atoms. The van der Waals surface area contributed by atoms with Gasteiger partial charge in [-0.1, -0.05) is 29.1 Å². The standard InChI is InChI=1S/C23H17F4N9O6S3/c24-11-3-1-9(2-4-11)5-42-33-13(12-8-45-21(28-12)30-20(41)23(25,26)27)16(37)29-14-17(38)36-15(19(39)40)10(6-43-18(14)36)7-44-22-31-34-35-32-22/h1-4,8,14,18H,5-7H2,(H,29,37)(H,39,40)(H,28,30,41)(H,31,32,34,35)/t14?,18-/m0/s1. The van der Waals surface area contributed by atoms with Gasteiger partial charge in [0, 0.05) is 16.9 Å². The molecule has 0 radical (unpaired) electrons. The Balaban J connectivity index is 1.33. The minimum Gasteiger partial charge on any atom is -0.477 e. The number of carbonyl (C=O) groups excluding carboxylic acids is 3. The summed E-state index contributed by atoms with van der Waals surface area (Å²) >= 11 is 2.90. The number of nitrogens with zero attached hydrogens (tertiary/aromatic N) is 6.